The zero-order valence-electron chi connectivity index (χ0n) is 13.9. The second-order valence-electron chi connectivity index (χ2n) is 6.50. The summed E-state index contributed by atoms with van der Waals surface area (Å²) in [6.45, 7) is 3.01. The maximum atomic E-state index is 12.5. The Kier molecular flexibility index (Phi) is 3.92. The van der Waals surface area contributed by atoms with Crippen molar-refractivity contribution in [2.75, 3.05) is 16.3 Å². The third-order valence-electron chi connectivity index (χ3n) is 5.16. The van der Waals surface area contributed by atoms with Crippen molar-refractivity contribution in [3.63, 3.8) is 0 Å². The number of amides is 1. The van der Waals surface area contributed by atoms with Crippen LogP contribution in [0.1, 0.15) is 31.7 Å². The molecular weight excluding hydrogens is 300 g/mol. The predicted molar refractivity (Wildman–Crippen MR) is 94.1 cm³/mol. The lowest BCUT2D eigenvalue weighted by molar-refractivity contribution is -0.120. The number of rotatable bonds is 3. The van der Waals surface area contributed by atoms with Crippen LogP contribution in [-0.4, -0.2) is 34.5 Å². The third kappa shape index (κ3) is 2.54. The summed E-state index contributed by atoms with van der Waals surface area (Å²) in [5.41, 5.74) is 2.15. The van der Waals surface area contributed by atoms with Crippen molar-refractivity contribution in [2.45, 2.75) is 44.7 Å². The number of carbonyl (C=O) groups is 1. The van der Waals surface area contributed by atoms with Crippen LogP contribution in [0.2, 0.25) is 0 Å². The second kappa shape index (κ2) is 6.23. The van der Waals surface area contributed by atoms with Gasteiger partial charge >= 0.3 is 0 Å². The molecule has 2 aliphatic heterocycles. The standard InChI is InChI=1S/C19H22N4O/c1-2-14-12-20-19(21-13-14)22-11-10-17-16(22)8-9-18(24)23(17)15-6-4-3-5-7-15/h3-7,12-13,16-17H,2,8-11H2,1H3/t16-,17-/m0/s1. The van der Waals surface area contributed by atoms with Gasteiger partial charge in [0.25, 0.3) is 0 Å². The molecule has 3 heterocycles. The van der Waals surface area contributed by atoms with Gasteiger partial charge in [-0.15, -0.1) is 0 Å². The van der Waals surface area contributed by atoms with E-state index in [4.69, 9.17) is 0 Å². The monoisotopic (exact) mass is 322 g/mol. The molecule has 0 radical (unpaired) electrons. The first kappa shape index (κ1) is 15.1. The molecule has 0 unspecified atom stereocenters. The summed E-state index contributed by atoms with van der Waals surface area (Å²) in [6.07, 6.45) is 7.20. The summed E-state index contributed by atoms with van der Waals surface area (Å²) in [6, 6.07) is 10.5. The van der Waals surface area contributed by atoms with Gasteiger partial charge < -0.3 is 9.80 Å². The first-order valence-corrected chi connectivity index (χ1v) is 8.72. The Bertz CT molecular complexity index is 716. The first-order chi connectivity index (χ1) is 11.8. The summed E-state index contributed by atoms with van der Waals surface area (Å²) >= 11 is 0. The van der Waals surface area contributed by atoms with Crippen molar-refractivity contribution >= 4 is 17.5 Å². The molecular formula is C19H22N4O. The Balaban J connectivity index is 1.61. The van der Waals surface area contributed by atoms with E-state index >= 15 is 0 Å². The molecule has 2 saturated heterocycles. The number of piperidine rings is 1. The van der Waals surface area contributed by atoms with E-state index in [0.717, 1.165) is 43.0 Å². The van der Waals surface area contributed by atoms with Crippen molar-refractivity contribution in [3.8, 4) is 0 Å². The third-order valence-corrected chi connectivity index (χ3v) is 5.16. The van der Waals surface area contributed by atoms with Crippen molar-refractivity contribution in [1.82, 2.24) is 9.97 Å². The number of aromatic nitrogens is 2. The number of carbonyl (C=O) groups excluding carboxylic acids is 1. The van der Waals surface area contributed by atoms with Crippen molar-refractivity contribution in [3.05, 3.63) is 48.3 Å². The molecule has 24 heavy (non-hydrogen) atoms. The zero-order chi connectivity index (χ0) is 16.5. The second-order valence-corrected chi connectivity index (χ2v) is 6.50. The Morgan fingerprint density at radius 3 is 2.54 bits per heavy atom. The molecule has 0 spiro atoms. The summed E-state index contributed by atoms with van der Waals surface area (Å²) in [5.74, 6) is 1.02. The van der Waals surface area contributed by atoms with Crippen molar-refractivity contribution < 1.29 is 4.79 Å². The van der Waals surface area contributed by atoms with Crippen LogP contribution >= 0.6 is 0 Å². The molecule has 4 rings (SSSR count). The SMILES string of the molecule is CCc1cnc(N2CC[C@H]3[C@@H]2CCC(=O)N3c2ccccc2)nc1. The highest BCUT2D eigenvalue weighted by Gasteiger charge is 2.44. The Hall–Kier alpha value is -2.43. The number of hydrogen-bond donors (Lipinski definition) is 0. The maximum Gasteiger partial charge on any atom is 0.227 e. The van der Waals surface area contributed by atoms with Crippen LogP contribution in [0.5, 0.6) is 0 Å². The molecule has 1 amide bonds. The normalized spacial score (nSPS) is 23.5. The van der Waals surface area contributed by atoms with Gasteiger partial charge in [-0.2, -0.15) is 0 Å². The fraction of sp³-hybridized carbons (Fsp3) is 0.421. The smallest absolute Gasteiger partial charge is 0.227 e. The Morgan fingerprint density at radius 1 is 1.08 bits per heavy atom. The van der Waals surface area contributed by atoms with E-state index in [1.165, 1.54) is 0 Å². The van der Waals surface area contributed by atoms with Crippen LogP contribution in [0.25, 0.3) is 0 Å². The average molecular weight is 322 g/mol. The van der Waals surface area contributed by atoms with Crippen molar-refractivity contribution in [2.24, 2.45) is 0 Å². The molecule has 2 atom stereocenters. The molecule has 5 heteroatoms. The highest BCUT2D eigenvalue weighted by Crippen LogP contribution is 2.36. The summed E-state index contributed by atoms with van der Waals surface area (Å²) < 4.78 is 0. The van der Waals surface area contributed by atoms with E-state index in [-0.39, 0.29) is 11.9 Å². The van der Waals surface area contributed by atoms with Crippen LogP contribution in [0, 0.1) is 0 Å². The van der Waals surface area contributed by atoms with Crippen LogP contribution in [0.4, 0.5) is 11.6 Å². The number of benzene rings is 1. The molecule has 0 saturated carbocycles. The van der Waals surface area contributed by atoms with Gasteiger partial charge in [-0.1, -0.05) is 25.1 Å². The number of fused-ring (bicyclic) bond motifs is 1. The van der Waals surface area contributed by atoms with E-state index in [2.05, 4.69) is 21.8 Å². The lowest BCUT2D eigenvalue weighted by Crippen LogP contribution is -2.52. The lowest BCUT2D eigenvalue weighted by atomic mass is 9.95. The molecule has 1 aromatic carbocycles. The fourth-order valence-electron chi connectivity index (χ4n) is 3.91. The molecule has 1 aromatic heterocycles. The fourth-order valence-corrected chi connectivity index (χ4v) is 3.91. The van der Waals surface area contributed by atoms with Crippen LogP contribution < -0.4 is 9.80 Å². The Morgan fingerprint density at radius 2 is 1.83 bits per heavy atom. The minimum absolute atomic E-state index is 0.211. The van der Waals surface area contributed by atoms with Crippen molar-refractivity contribution in [1.29, 1.82) is 0 Å². The maximum absolute atomic E-state index is 12.5. The number of aryl methyl sites for hydroxylation is 1. The van der Waals surface area contributed by atoms with Gasteiger partial charge in [-0.05, 0) is 37.0 Å². The summed E-state index contributed by atoms with van der Waals surface area (Å²) in [5, 5.41) is 0. The lowest BCUT2D eigenvalue weighted by Gasteiger charge is -2.39. The van der Waals surface area contributed by atoms with Gasteiger partial charge in [-0.25, -0.2) is 9.97 Å². The van der Waals surface area contributed by atoms with Gasteiger partial charge in [0.15, 0.2) is 0 Å². The average Bonchev–Trinajstić information content (AvgIpc) is 3.06. The Labute approximate surface area is 142 Å². The zero-order valence-corrected chi connectivity index (χ0v) is 13.9. The topological polar surface area (TPSA) is 49.3 Å². The molecule has 0 aliphatic carbocycles. The largest absolute Gasteiger partial charge is 0.336 e. The summed E-state index contributed by atoms with van der Waals surface area (Å²) in [7, 11) is 0. The first-order valence-electron chi connectivity index (χ1n) is 8.72. The van der Waals surface area contributed by atoms with E-state index < -0.39 is 0 Å². The highest BCUT2D eigenvalue weighted by molar-refractivity contribution is 5.95. The number of nitrogens with zero attached hydrogens (tertiary/aromatic N) is 4. The van der Waals surface area contributed by atoms with E-state index in [9.17, 15) is 4.79 Å². The highest BCUT2D eigenvalue weighted by atomic mass is 16.2. The summed E-state index contributed by atoms with van der Waals surface area (Å²) in [4.78, 5) is 25.9. The number of hydrogen-bond acceptors (Lipinski definition) is 4. The van der Waals surface area contributed by atoms with E-state index in [1.54, 1.807) is 0 Å². The number of anilines is 2. The van der Waals surface area contributed by atoms with Crippen LogP contribution in [0.15, 0.2) is 42.7 Å². The van der Waals surface area contributed by atoms with E-state index in [1.807, 2.05) is 47.6 Å². The van der Waals surface area contributed by atoms with Gasteiger partial charge in [0.1, 0.15) is 0 Å². The molecule has 2 fully saturated rings. The van der Waals surface area contributed by atoms with Gasteiger partial charge in [0.05, 0.1) is 12.1 Å². The minimum Gasteiger partial charge on any atom is -0.336 e. The molecule has 124 valence electrons. The minimum atomic E-state index is 0.211. The molecule has 5 nitrogen and oxygen atoms in total. The van der Waals surface area contributed by atoms with Gasteiger partial charge in [-0.3, -0.25) is 4.79 Å². The van der Waals surface area contributed by atoms with E-state index in [0.29, 0.717) is 12.5 Å². The van der Waals surface area contributed by atoms with Crippen LogP contribution in [0.3, 0.4) is 0 Å². The molecule has 0 bridgehead atoms. The van der Waals surface area contributed by atoms with Gasteiger partial charge in [0.2, 0.25) is 11.9 Å². The van der Waals surface area contributed by atoms with Crippen LogP contribution in [-0.2, 0) is 11.2 Å². The van der Waals surface area contributed by atoms with Gasteiger partial charge in [0, 0.05) is 31.0 Å². The molecule has 0 N–H and O–H groups in total. The molecule has 2 aliphatic rings. The molecule has 2 aromatic rings. The number of para-hydroxylation sites is 1. The quantitative estimate of drug-likeness (QED) is 0.872. The predicted octanol–water partition coefficient (Wildman–Crippen LogP) is 2.81.